The average Bonchev–Trinajstić information content (AvgIpc) is 3.54. The Morgan fingerprint density at radius 3 is 2.61 bits per heavy atom. The highest BCUT2D eigenvalue weighted by molar-refractivity contribution is 5.94. The number of fused-ring (bicyclic) bond motifs is 1. The van der Waals surface area contributed by atoms with Gasteiger partial charge in [0, 0.05) is 26.3 Å². The molecule has 1 aliphatic rings. The Labute approximate surface area is 242 Å². The predicted molar refractivity (Wildman–Crippen MR) is 163 cm³/mol. The van der Waals surface area contributed by atoms with Crippen LogP contribution in [0.4, 0.5) is 10.2 Å². The van der Waals surface area contributed by atoms with E-state index in [0.717, 1.165) is 34.6 Å². The molecular weight excluding hydrogens is 519 g/mol. The number of pyridine rings is 1. The minimum absolute atomic E-state index is 0. The van der Waals surface area contributed by atoms with Gasteiger partial charge in [-0.1, -0.05) is 39.8 Å². The van der Waals surface area contributed by atoms with E-state index in [2.05, 4.69) is 29.0 Å². The molecule has 1 aliphatic heterocycles. The third-order valence-corrected chi connectivity index (χ3v) is 7.67. The minimum atomic E-state index is -0.389. The van der Waals surface area contributed by atoms with Gasteiger partial charge in [-0.3, -0.25) is 9.59 Å². The van der Waals surface area contributed by atoms with Crippen molar-refractivity contribution in [2.75, 3.05) is 11.4 Å². The van der Waals surface area contributed by atoms with Crippen LogP contribution in [0.5, 0.6) is 0 Å². The van der Waals surface area contributed by atoms with Gasteiger partial charge in [-0.05, 0) is 81.0 Å². The monoisotopic (exact) mass is 562 g/mol. The fraction of sp³-hybridized carbons (Fsp3) is 0.438. The molecule has 220 valence electrons. The van der Waals surface area contributed by atoms with Gasteiger partial charge in [0.05, 0.1) is 17.9 Å². The maximum absolute atomic E-state index is 14.2. The van der Waals surface area contributed by atoms with Gasteiger partial charge in [0.1, 0.15) is 17.2 Å². The first kappa shape index (κ1) is 30.0. The molecule has 1 N–H and O–H groups in total. The third kappa shape index (κ3) is 6.34. The first-order chi connectivity index (χ1) is 19.6. The number of rotatable bonds is 7. The van der Waals surface area contributed by atoms with Crippen molar-refractivity contribution < 1.29 is 10.6 Å². The van der Waals surface area contributed by atoms with Crippen molar-refractivity contribution in [1.82, 2.24) is 24.5 Å². The van der Waals surface area contributed by atoms with Gasteiger partial charge in [-0.25, -0.2) is 13.9 Å². The van der Waals surface area contributed by atoms with Crippen LogP contribution in [0.2, 0.25) is 0 Å². The Balaban J connectivity index is 0.00000158. The van der Waals surface area contributed by atoms with Crippen LogP contribution in [0, 0.1) is 32.5 Å². The van der Waals surface area contributed by atoms with Crippen molar-refractivity contribution in [3.05, 3.63) is 92.9 Å². The number of hydrogen-bond donors (Lipinski definition) is 1. The van der Waals surface area contributed by atoms with E-state index in [9.17, 15) is 14.0 Å². The summed E-state index contributed by atoms with van der Waals surface area (Å²) in [5.41, 5.74) is 4.12. The number of amides is 1. The average molecular weight is 563 g/mol. The molecule has 0 spiro atoms. The van der Waals surface area contributed by atoms with Crippen LogP contribution in [0.15, 0.2) is 53.5 Å². The summed E-state index contributed by atoms with van der Waals surface area (Å²) in [5, 5.41) is 7.89. The number of aryl methyl sites for hydroxylation is 2. The van der Waals surface area contributed by atoms with Crippen LogP contribution in [0.3, 0.4) is 0 Å². The molecule has 4 aromatic rings. The lowest BCUT2D eigenvalue weighted by atomic mass is 10.0. The lowest BCUT2D eigenvalue weighted by molar-refractivity contribution is 0.0937. The maximum atomic E-state index is 14.2. The third-order valence-electron chi connectivity index (χ3n) is 7.67. The summed E-state index contributed by atoms with van der Waals surface area (Å²) in [7, 11) is 0. The second-order valence-electron chi connectivity index (χ2n) is 11.0. The molecule has 9 heteroatoms. The van der Waals surface area contributed by atoms with E-state index < -0.39 is 0 Å². The highest BCUT2D eigenvalue weighted by Gasteiger charge is 2.36. The standard InChI is InChI=1S/C30H35FN6O2.C2H6.H2/c1-18(2)11-12-35-21(5)19(3)13-25(30(35)39)29(38)33-24-15-26(22-7-6-8-23(31)14-22)36(17-24)28-10-9-27-32-16-20(4)37(27)34-28;1-2;/h6-10,13-14,16,18,24,26H,11-12,15,17H2,1-5H3,(H,33,38);1-2H3;1H/t24?,26-;;/m1../s1. The van der Waals surface area contributed by atoms with Crippen LogP contribution in [0.1, 0.15) is 80.9 Å². The van der Waals surface area contributed by atoms with Crippen molar-refractivity contribution in [1.29, 1.82) is 0 Å². The van der Waals surface area contributed by atoms with E-state index in [1.165, 1.54) is 12.1 Å². The van der Waals surface area contributed by atoms with E-state index in [-0.39, 0.29) is 36.4 Å². The normalized spacial score (nSPS) is 16.7. The lowest BCUT2D eigenvalue weighted by Gasteiger charge is -2.26. The van der Waals surface area contributed by atoms with Gasteiger partial charge in [-0.15, -0.1) is 5.10 Å². The van der Waals surface area contributed by atoms with Crippen molar-refractivity contribution in [3.8, 4) is 0 Å². The van der Waals surface area contributed by atoms with Crippen LogP contribution in [-0.2, 0) is 6.54 Å². The summed E-state index contributed by atoms with van der Waals surface area (Å²) in [6, 6.07) is 11.5. The molecule has 8 nitrogen and oxygen atoms in total. The Kier molecular flexibility index (Phi) is 9.25. The van der Waals surface area contributed by atoms with E-state index >= 15 is 0 Å². The number of carbonyl (C=O) groups excluding carboxylic acids is 1. The highest BCUT2D eigenvalue weighted by Crippen LogP contribution is 2.36. The molecule has 1 saturated heterocycles. The number of anilines is 1. The summed E-state index contributed by atoms with van der Waals surface area (Å²) in [6.07, 6.45) is 3.16. The van der Waals surface area contributed by atoms with Crippen molar-refractivity contribution >= 4 is 17.4 Å². The molecule has 1 amide bonds. The zero-order valence-corrected chi connectivity index (χ0v) is 25.1. The maximum Gasteiger partial charge on any atom is 0.263 e. The predicted octanol–water partition coefficient (Wildman–Crippen LogP) is 6.02. The molecule has 0 saturated carbocycles. The molecule has 0 bridgehead atoms. The van der Waals surface area contributed by atoms with Gasteiger partial charge in [0.2, 0.25) is 0 Å². The number of nitrogens with one attached hydrogen (secondary N) is 1. The fourth-order valence-corrected chi connectivity index (χ4v) is 5.33. The number of hydrogen-bond acceptors (Lipinski definition) is 5. The number of carbonyl (C=O) groups is 1. The molecule has 3 aromatic heterocycles. The molecule has 1 unspecified atom stereocenters. The second kappa shape index (κ2) is 12.7. The molecule has 1 aromatic carbocycles. The quantitative estimate of drug-likeness (QED) is 0.298. The summed E-state index contributed by atoms with van der Waals surface area (Å²) >= 11 is 0. The van der Waals surface area contributed by atoms with Gasteiger partial charge in [0.25, 0.3) is 11.5 Å². The molecule has 0 radical (unpaired) electrons. The van der Waals surface area contributed by atoms with E-state index in [1.54, 1.807) is 27.4 Å². The Hall–Kier alpha value is -4.01. The first-order valence-electron chi connectivity index (χ1n) is 14.5. The molecule has 4 heterocycles. The van der Waals surface area contributed by atoms with Gasteiger partial charge in [0.15, 0.2) is 5.65 Å². The van der Waals surface area contributed by atoms with Crippen LogP contribution in [-0.4, -0.2) is 37.7 Å². The number of imidazole rings is 1. The Bertz CT molecular complexity index is 1600. The largest absolute Gasteiger partial charge is 0.347 e. The zero-order chi connectivity index (χ0) is 29.8. The summed E-state index contributed by atoms with van der Waals surface area (Å²) in [5.74, 6) is 0.445. The molecule has 41 heavy (non-hydrogen) atoms. The topological polar surface area (TPSA) is 84.5 Å². The van der Waals surface area contributed by atoms with Gasteiger partial charge < -0.3 is 14.8 Å². The van der Waals surface area contributed by atoms with Crippen molar-refractivity contribution in [2.45, 2.75) is 79.9 Å². The van der Waals surface area contributed by atoms with Crippen molar-refractivity contribution in [3.63, 3.8) is 0 Å². The molecule has 0 aliphatic carbocycles. The summed E-state index contributed by atoms with van der Waals surface area (Å²) in [6.45, 7) is 15.1. The van der Waals surface area contributed by atoms with Gasteiger partial charge in [-0.2, -0.15) is 0 Å². The minimum Gasteiger partial charge on any atom is -0.347 e. The first-order valence-corrected chi connectivity index (χ1v) is 14.5. The van der Waals surface area contributed by atoms with E-state index in [0.29, 0.717) is 31.2 Å². The second-order valence-corrected chi connectivity index (χ2v) is 11.0. The van der Waals surface area contributed by atoms with E-state index in [1.807, 2.05) is 52.8 Å². The Morgan fingerprint density at radius 2 is 1.90 bits per heavy atom. The zero-order valence-electron chi connectivity index (χ0n) is 25.1. The smallest absolute Gasteiger partial charge is 0.263 e. The van der Waals surface area contributed by atoms with Crippen LogP contribution >= 0.6 is 0 Å². The van der Waals surface area contributed by atoms with E-state index in [4.69, 9.17) is 5.10 Å². The van der Waals surface area contributed by atoms with Crippen LogP contribution in [0.25, 0.3) is 5.65 Å². The summed E-state index contributed by atoms with van der Waals surface area (Å²) < 4.78 is 17.7. The van der Waals surface area contributed by atoms with Crippen molar-refractivity contribution in [2.24, 2.45) is 5.92 Å². The Morgan fingerprint density at radius 1 is 1.15 bits per heavy atom. The molecule has 2 atom stereocenters. The molecule has 5 rings (SSSR count). The molecular formula is C32H43FN6O2. The fourth-order valence-electron chi connectivity index (χ4n) is 5.33. The molecule has 1 fully saturated rings. The number of aromatic nitrogens is 4. The number of nitrogens with zero attached hydrogens (tertiary/aromatic N) is 5. The number of halogens is 1. The van der Waals surface area contributed by atoms with Crippen LogP contribution < -0.4 is 15.8 Å². The summed E-state index contributed by atoms with van der Waals surface area (Å²) in [4.78, 5) is 33.3. The SMILES string of the molecule is CC.Cc1cc(C(=O)NC2C[C@H](c3cccc(F)c3)N(c3ccc4ncc(C)n4n3)C2)c(=O)n(CCC(C)C)c1C.[HH]. The number of benzene rings is 1. The van der Waals surface area contributed by atoms with Gasteiger partial charge >= 0.3 is 0 Å². The highest BCUT2D eigenvalue weighted by atomic mass is 19.1. The lowest BCUT2D eigenvalue weighted by Crippen LogP contribution is -2.41.